The summed E-state index contributed by atoms with van der Waals surface area (Å²) in [5, 5.41) is 10.8. The van der Waals surface area contributed by atoms with E-state index in [0.29, 0.717) is 26.2 Å². The number of hydrogen-bond donors (Lipinski definition) is 4. The number of ketones is 1. The molecule has 3 unspecified atom stereocenters. The summed E-state index contributed by atoms with van der Waals surface area (Å²) in [6.07, 6.45) is 13.3. The third kappa shape index (κ3) is 26.2. The highest BCUT2D eigenvalue weighted by Crippen LogP contribution is 2.26. The van der Waals surface area contributed by atoms with Crippen molar-refractivity contribution in [3.63, 3.8) is 0 Å². The highest BCUT2D eigenvalue weighted by Gasteiger charge is 2.30. The molecule has 4 amide bonds. The number of carbonyl (C=O) groups excluding carboxylic acids is 6. The van der Waals surface area contributed by atoms with Gasteiger partial charge in [0.25, 0.3) is 0 Å². The van der Waals surface area contributed by atoms with Gasteiger partial charge in [0, 0.05) is 0 Å². The summed E-state index contributed by atoms with van der Waals surface area (Å²) in [6, 6.07) is 8.84. The summed E-state index contributed by atoms with van der Waals surface area (Å²) in [4.78, 5) is 71.8. The van der Waals surface area contributed by atoms with Gasteiger partial charge in [-0.3, -0.25) is 29.0 Å². The topological polar surface area (TPSA) is 175 Å². The average molecular weight is 819 g/mol. The van der Waals surface area contributed by atoms with Crippen LogP contribution < -0.4 is 21.3 Å². The predicted octanol–water partition coefficient (Wildman–Crippen LogP) is 5.94. The van der Waals surface area contributed by atoms with Crippen LogP contribution in [0.1, 0.15) is 137 Å². The van der Waals surface area contributed by atoms with Gasteiger partial charge < -0.3 is 35.5 Å². The van der Waals surface area contributed by atoms with Crippen molar-refractivity contribution >= 4 is 36.4 Å². The lowest BCUT2D eigenvalue weighted by Gasteiger charge is -2.28. The molecule has 1 aliphatic heterocycles. The Bertz CT molecular complexity index is 1280. The molecule has 1 aromatic carbocycles. The Morgan fingerprint density at radius 3 is 2.00 bits per heavy atom. The Kier molecular flexibility index (Phi) is 29.9. The first kappa shape index (κ1) is 54.1. The molecule has 0 radical (unpaired) electrons. The van der Waals surface area contributed by atoms with Gasteiger partial charge in [-0.15, -0.1) is 0 Å². The van der Waals surface area contributed by atoms with Crippen LogP contribution in [0.25, 0.3) is 0 Å². The molecule has 1 saturated heterocycles. The molecule has 1 saturated carbocycles. The minimum Gasteiger partial charge on any atom is -0.444 e. The van der Waals surface area contributed by atoms with Crippen molar-refractivity contribution in [3.05, 3.63) is 35.9 Å². The normalized spacial score (nSPS) is 16.9. The third-order valence-corrected chi connectivity index (χ3v) is 9.48. The molecule has 0 aromatic heterocycles. The number of likely N-dealkylation sites (tertiary alicyclic amines) is 1. The van der Waals surface area contributed by atoms with Gasteiger partial charge in [-0.1, -0.05) is 89.6 Å². The van der Waals surface area contributed by atoms with Gasteiger partial charge >= 0.3 is 6.09 Å². The molecule has 4 N–H and O–H groups in total. The first-order chi connectivity index (χ1) is 27.5. The van der Waals surface area contributed by atoms with Crippen LogP contribution in [-0.2, 0) is 33.4 Å². The molecule has 2 aliphatic rings. The van der Waals surface area contributed by atoms with E-state index in [9.17, 15) is 28.8 Å². The number of rotatable bonds is 19. The van der Waals surface area contributed by atoms with Gasteiger partial charge in [0.2, 0.25) is 18.2 Å². The molecular formula is C44H78N6O8. The lowest BCUT2D eigenvalue weighted by atomic mass is 9.84. The SMILES string of the molecule is CC(C)(C)OC(=O)NC(C=O)C1CCCCC1.CCCC.CCCC(NC(=O)C1CCCN1C)C(C)=O.CN(C)COCC[C@H](NC(=O)CNC=O)c1ccccc1. The molecule has 14 nitrogen and oxygen atoms in total. The molecule has 58 heavy (non-hydrogen) atoms. The Morgan fingerprint density at radius 2 is 1.52 bits per heavy atom. The number of unbranched alkanes of at least 4 members (excludes halogenated alkanes) is 1. The zero-order valence-corrected chi connectivity index (χ0v) is 37.4. The van der Waals surface area contributed by atoms with E-state index in [1.807, 2.05) is 84.1 Å². The molecule has 3 rings (SSSR count). The smallest absolute Gasteiger partial charge is 0.408 e. The van der Waals surface area contributed by atoms with Crippen LogP contribution in [-0.4, -0.2) is 117 Å². The predicted molar refractivity (Wildman–Crippen MR) is 230 cm³/mol. The number of carbonyl (C=O) groups is 6. The van der Waals surface area contributed by atoms with Crippen LogP contribution >= 0.6 is 0 Å². The van der Waals surface area contributed by atoms with E-state index < -0.39 is 17.7 Å². The quantitative estimate of drug-likeness (QED) is 0.0744. The largest absolute Gasteiger partial charge is 0.444 e. The number of ether oxygens (including phenoxy) is 2. The van der Waals surface area contributed by atoms with Crippen LogP contribution in [0.5, 0.6) is 0 Å². The van der Waals surface area contributed by atoms with Crippen molar-refractivity contribution in [2.24, 2.45) is 5.92 Å². The number of amides is 4. The van der Waals surface area contributed by atoms with Crippen LogP contribution in [0, 0.1) is 5.92 Å². The maximum Gasteiger partial charge on any atom is 0.408 e. The van der Waals surface area contributed by atoms with E-state index in [1.54, 1.807) is 6.92 Å². The molecule has 14 heteroatoms. The first-order valence-electron chi connectivity index (χ1n) is 21.2. The van der Waals surface area contributed by atoms with Gasteiger partial charge in [0.15, 0.2) is 5.78 Å². The van der Waals surface area contributed by atoms with Gasteiger partial charge in [-0.2, -0.15) is 0 Å². The number of Topliss-reactive ketones (excluding diaryl/α,β-unsaturated/α-hetero) is 1. The van der Waals surface area contributed by atoms with E-state index in [-0.39, 0.29) is 48.2 Å². The van der Waals surface area contributed by atoms with Crippen molar-refractivity contribution in [1.29, 1.82) is 0 Å². The first-order valence-corrected chi connectivity index (χ1v) is 21.2. The average Bonchev–Trinajstić information content (AvgIpc) is 3.63. The molecule has 332 valence electrons. The second-order valence-electron chi connectivity index (χ2n) is 16.2. The number of hydrogen-bond acceptors (Lipinski definition) is 10. The second-order valence-corrected chi connectivity index (χ2v) is 16.2. The molecule has 2 fully saturated rings. The van der Waals surface area contributed by atoms with Gasteiger partial charge in [0.1, 0.15) is 11.9 Å². The zero-order chi connectivity index (χ0) is 43.9. The van der Waals surface area contributed by atoms with Crippen molar-refractivity contribution in [1.82, 2.24) is 31.1 Å². The van der Waals surface area contributed by atoms with E-state index in [2.05, 4.69) is 40.0 Å². The molecule has 0 bridgehead atoms. The van der Waals surface area contributed by atoms with Crippen molar-refractivity contribution in [2.45, 2.75) is 155 Å². The summed E-state index contributed by atoms with van der Waals surface area (Å²) in [5.74, 6) is 0.113. The van der Waals surface area contributed by atoms with Gasteiger partial charge in [0.05, 0.1) is 44.0 Å². The van der Waals surface area contributed by atoms with Crippen LogP contribution in [0.15, 0.2) is 30.3 Å². The molecule has 1 aromatic rings. The van der Waals surface area contributed by atoms with Crippen molar-refractivity contribution in [3.8, 4) is 0 Å². The lowest BCUT2D eigenvalue weighted by molar-refractivity contribution is -0.129. The molecule has 4 atom stereocenters. The molecule has 0 spiro atoms. The van der Waals surface area contributed by atoms with E-state index in [1.165, 1.54) is 19.3 Å². The maximum atomic E-state index is 11.9. The highest BCUT2D eigenvalue weighted by atomic mass is 16.6. The Hall–Kier alpha value is -3.88. The number of alkyl carbamates (subject to hydrolysis) is 1. The summed E-state index contributed by atoms with van der Waals surface area (Å²) in [5.41, 5.74) is 0.495. The Labute approximate surface area is 349 Å². The molecule has 1 heterocycles. The number of benzene rings is 1. The van der Waals surface area contributed by atoms with Crippen LogP contribution in [0.4, 0.5) is 4.79 Å². The number of nitrogens with zero attached hydrogens (tertiary/aromatic N) is 2. The fourth-order valence-corrected chi connectivity index (χ4v) is 6.21. The Balaban J connectivity index is 0.000000809. The number of likely N-dealkylation sites (N-methyl/N-ethyl adjacent to an activating group) is 1. The molecular weight excluding hydrogens is 741 g/mol. The number of aldehydes is 1. The number of nitrogens with one attached hydrogen (secondary N) is 4. The highest BCUT2D eigenvalue weighted by molar-refractivity contribution is 5.89. The standard InChI is InChI=1S/C15H23N3O3.C13H23NO3.C12H22N2O2.C4H10/c1-18(2)12-21-9-8-14(13-6-4-3-5-7-13)17-15(20)10-16-11-19;1-13(2,3)17-12(16)14-11(9-15)10-7-5-4-6-8-10;1-4-6-10(9(2)15)13-12(16)11-7-5-8-14(11)3;1-3-4-2/h3-7,11,14H,8-10,12H2,1-2H3,(H,16,19)(H,17,20);9-11H,4-8H2,1-3H3,(H,14,16);10-11H,4-8H2,1-3H3,(H,13,16);3-4H2,1-2H3/t14-;;;/m0.../s1. The van der Waals surface area contributed by atoms with Crippen LogP contribution in [0.2, 0.25) is 0 Å². The zero-order valence-electron chi connectivity index (χ0n) is 37.4. The lowest BCUT2D eigenvalue weighted by Crippen LogP contribution is -2.48. The summed E-state index contributed by atoms with van der Waals surface area (Å²) < 4.78 is 10.7. The minimum atomic E-state index is -0.524. The van der Waals surface area contributed by atoms with Crippen molar-refractivity contribution in [2.75, 3.05) is 47.6 Å². The Morgan fingerprint density at radius 1 is 0.879 bits per heavy atom. The fourth-order valence-electron chi connectivity index (χ4n) is 6.21. The van der Waals surface area contributed by atoms with E-state index >= 15 is 0 Å². The molecule has 1 aliphatic carbocycles. The summed E-state index contributed by atoms with van der Waals surface area (Å²) >= 11 is 0. The van der Waals surface area contributed by atoms with Crippen molar-refractivity contribution < 1.29 is 38.2 Å². The maximum absolute atomic E-state index is 11.9. The fraction of sp³-hybridized carbons (Fsp3) is 0.727. The van der Waals surface area contributed by atoms with E-state index in [0.717, 1.165) is 69.8 Å². The second kappa shape index (κ2) is 32.0. The summed E-state index contributed by atoms with van der Waals surface area (Å²) in [6.45, 7) is 15.4. The third-order valence-electron chi connectivity index (χ3n) is 9.48. The van der Waals surface area contributed by atoms with Gasteiger partial charge in [-0.25, -0.2) is 4.79 Å². The monoisotopic (exact) mass is 819 g/mol. The summed E-state index contributed by atoms with van der Waals surface area (Å²) in [7, 11) is 5.82. The van der Waals surface area contributed by atoms with Gasteiger partial charge in [-0.05, 0) is 105 Å². The van der Waals surface area contributed by atoms with Crippen LogP contribution in [0.3, 0.4) is 0 Å². The minimum absolute atomic E-state index is 0.00801. The van der Waals surface area contributed by atoms with E-state index in [4.69, 9.17) is 9.47 Å².